The van der Waals surface area contributed by atoms with Crippen LogP contribution in [0.2, 0.25) is 0 Å². The lowest BCUT2D eigenvalue weighted by molar-refractivity contribution is -0.131. The first kappa shape index (κ1) is 14.6. The van der Waals surface area contributed by atoms with Crippen molar-refractivity contribution in [3.63, 3.8) is 0 Å². The molecule has 1 aromatic heterocycles. The molecule has 20 heavy (non-hydrogen) atoms. The average molecular weight is 278 g/mol. The van der Waals surface area contributed by atoms with E-state index in [2.05, 4.69) is 12.2 Å². The smallest absolute Gasteiger partial charge is 0.286 e. The number of nitrogens with one attached hydrogen (secondary N) is 1. The summed E-state index contributed by atoms with van der Waals surface area (Å²) in [7, 11) is 0. The summed E-state index contributed by atoms with van der Waals surface area (Å²) < 4.78 is 4.99. The molecule has 1 aliphatic carbocycles. The highest BCUT2D eigenvalue weighted by Crippen LogP contribution is 2.29. The van der Waals surface area contributed by atoms with E-state index < -0.39 is 0 Å². The van der Waals surface area contributed by atoms with Gasteiger partial charge >= 0.3 is 0 Å². The highest BCUT2D eigenvalue weighted by atomic mass is 16.3. The minimum atomic E-state index is -0.271. The van der Waals surface area contributed by atoms with Gasteiger partial charge in [-0.1, -0.05) is 6.92 Å². The Bertz CT molecular complexity index is 438. The van der Waals surface area contributed by atoms with Crippen molar-refractivity contribution >= 4 is 11.8 Å². The van der Waals surface area contributed by atoms with Gasteiger partial charge in [-0.15, -0.1) is 0 Å². The normalized spacial score (nSPS) is 14.1. The summed E-state index contributed by atoms with van der Waals surface area (Å²) in [6.07, 6.45) is 5.25. The van der Waals surface area contributed by atoms with Gasteiger partial charge in [0.05, 0.1) is 6.26 Å². The van der Waals surface area contributed by atoms with Crippen LogP contribution in [0.3, 0.4) is 0 Å². The van der Waals surface area contributed by atoms with Crippen LogP contribution in [0.15, 0.2) is 22.8 Å². The van der Waals surface area contributed by atoms with E-state index in [4.69, 9.17) is 4.42 Å². The zero-order valence-electron chi connectivity index (χ0n) is 11.9. The molecule has 5 heteroatoms. The molecule has 0 bridgehead atoms. The predicted octanol–water partition coefficient (Wildman–Crippen LogP) is 2.05. The molecule has 0 spiro atoms. The first-order valence-electron chi connectivity index (χ1n) is 7.30. The first-order chi connectivity index (χ1) is 9.70. The Morgan fingerprint density at radius 2 is 2.25 bits per heavy atom. The SMILES string of the molecule is CCCN(CC1CC1)C(=O)CCNC(=O)c1ccco1. The number of hydrogen-bond donors (Lipinski definition) is 1. The summed E-state index contributed by atoms with van der Waals surface area (Å²) in [5.41, 5.74) is 0. The van der Waals surface area contributed by atoms with Crippen molar-refractivity contribution in [2.24, 2.45) is 5.92 Å². The molecule has 1 N–H and O–H groups in total. The van der Waals surface area contributed by atoms with E-state index in [0.29, 0.717) is 18.9 Å². The summed E-state index contributed by atoms with van der Waals surface area (Å²) in [6.45, 7) is 4.11. The van der Waals surface area contributed by atoms with Crippen LogP contribution in [-0.2, 0) is 4.79 Å². The van der Waals surface area contributed by atoms with E-state index in [9.17, 15) is 9.59 Å². The zero-order valence-corrected chi connectivity index (χ0v) is 11.9. The van der Waals surface area contributed by atoms with E-state index in [1.165, 1.54) is 19.1 Å². The van der Waals surface area contributed by atoms with Crippen molar-refractivity contribution < 1.29 is 14.0 Å². The molecule has 1 fully saturated rings. The monoisotopic (exact) mass is 278 g/mol. The lowest BCUT2D eigenvalue weighted by Crippen LogP contribution is -2.36. The number of nitrogens with zero attached hydrogens (tertiary/aromatic N) is 1. The quantitative estimate of drug-likeness (QED) is 0.791. The van der Waals surface area contributed by atoms with Crippen molar-refractivity contribution in [1.82, 2.24) is 10.2 Å². The van der Waals surface area contributed by atoms with Gasteiger partial charge in [0.2, 0.25) is 5.91 Å². The molecule has 0 radical (unpaired) electrons. The fourth-order valence-electron chi connectivity index (χ4n) is 2.14. The number of amides is 2. The molecular weight excluding hydrogens is 256 g/mol. The van der Waals surface area contributed by atoms with Crippen molar-refractivity contribution in [3.05, 3.63) is 24.2 Å². The van der Waals surface area contributed by atoms with Gasteiger partial charge in [-0.2, -0.15) is 0 Å². The fourth-order valence-corrected chi connectivity index (χ4v) is 2.14. The Morgan fingerprint density at radius 1 is 1.45 bits per heavy atom. The van der Waals surface area contributed by atoms with Crippen molar-refractivity contribution in [1.29, 1.82) is 0 Å². The van der Waals surface area contributed by atoms with Gasteiger partial charge in [-0.05, 0) is 37.3 Å². The van der Waals surface area contributed by atoms with Gasteiger partial charge in [-0.25, -0.2) is 0 Å². The summed E-state index contributed by atoms with van der Waals surface area (Å²) in [5.74, 6) is 0.828. The molecule has 1 aliphatic rings. The van der Waals surface area contributed by atoms with Crippen LogP contribution in [0.5, 0.6) is 0 Å². The van der Waals surface area contributed by atoms with E-state index in [1.807, 2.05) is 4.90 Å². The molecule has 1 saturated carbocycles. The van der Waals surface area contributed by atoms with E-state index in [1.54, 1.807) is 12.1 Å². The number of rotatable bonds is 8. The summed E-state index contributed by atoms with van der Waals surface area (Å²) >= 11 is 0. The molecule has 110 valence electrons. The van der Waals surface area contributed by atoms with Crippen molar-refractivity contribution in [2.45, 2.75) is 32.6 Å². The second kappa shape index (κ2) is 7.12. The van der Waals surface area contributed by atoms with Crippen LogP contribution in [0.1, 0.15) is 43.2 Å². The van der Waals surface area contributed by atoms with Gasteiger partial charge in [-0.3, -0.25) is 9.59 Å². The second-order valence-corrected chi connectivity index (χ2v) is 5.27. The van der Waals surface area contributed by atoms with Crippen LogP contribution >= 0.6 is 0 Å². The van der Waals surface area contributed by atoms with Gasteiger partial charge in [0, 0.05) is 26.1 Å². The molecule has 0 unspecified atom stereocenters. The maximum absolute atomic E-state index is 12.1. The third-order valence-corrected chi connectivity index (χ3v) is 3.39. The lowest BCUT2D eigenvalue weighted by Gasteiger charge is -2.22. The molecule has 0 aromatic carbocycles. The van der Waals surface area contributed by atoms with Crippen LogP contribution in [-0.4, -0.2) is 36.3 Å². The first-order valence-corrected chi connectivity index (χ1v) is 7.30. The van der Waals surface area contributed by atoms with Crippen LogP contribution in [0, 0.1) is 5.92 Å². The standard InChI is InChI=1S/C15H22N2O3/c1-2-9-17(11-12-5-6-12)14(18)7-8-16-15(19)13-4-3-10-20-13/h3-4,10,12H,2,5-9,11H2,1H3,(H,16,19). The summed E-state index contributed by atoms with van der Waals surface area (Å²) in [5, 5.41) is 2.70. The Morgan fingerprint density at radius 3 is 2.85 bits per heavy atom. The molecule has 2 rings (SSSR count). The highest BCUT2D eigenvalue weighted by molar-refractivity contribution is 5.91. The third kappa shape index (κ3) is 4.40. The highest BCUT2D eigenvalue weighted by Gasteiger charge is 2.26. The Hall–Kier alpha value is -1.78. The Labute approximate surface area is 119 Å². The van der Waals surface area contributed by atoms with Gasteiger partial charge in [0.25, 0.3) is 5.91 Å². The third-order valence-electron chi connectivity index (χ3n) is 3.39. The molecule has 2 amide bonds. The number of hydrogen-bond acceptors (Lipinski definition) is 3. The van der Waals surface area contributed by atoms with Crippen LogP contribution < -0.4 is 5.32 Å². The maximum atomic E-state index is 12.1. The van der Waals surface area contributed by atoms with Crippen molar-refractivity contribution in [2.75, 3.05) is 19.6 Å². The van der Waals surface area contributed by atoms with Gasteiger partial charge in [0.15, 0.2) is 5.76 Å². The molecule has 0 saturated heterocycles. The molecule has 0 atom stereocenters. The summed E-state index contributed by atoms with van der Waals surface area (Å²) in [4.78, 5) is 25.7. The number of carbonyl (C=O) groups excluding carboxylic acids is 2. The topological polar surface area (TPSA) is 62.6 Å². The Balaban J connectivity index is 1.71. The fraction of sp³-hybridized carbons (Fsp3) is 0.600. The molecule has 0 aliphatic heterocycles. The minimum absolute atomic E-state index is 0.124. The van der Waals surface area contributed by atoms with Gasteiger partial charge in [0.1, 0.15) is 0 Å². The van der Waals surface area contributed by atoms with Crippen LogP contribution in [0.4, 0.5) is 0 Å². The molecular formula is C15H22N2O3. The molecule has 5 nitrogen and oxygen atoms in total. The average Bonchev–Trinajstić information content (AvgIpc) is 3.07. The molecule has 1 heterocycles. The van der Waals surface area contributed by atoms with Crippen LogP contribution in [0.25, 0.3) is 0 Å². The number of carbonyl (C=O) groups is 2. The minimum Gasteiger partial charge on any atom is -0.459 e. The van der Waals surface area contributed by atoms with E-state index in [0.717, 1.165) is 19.5 Å². The summed E-state index contributed by atoms with van der Waals surface area (Å²) in [6, 6.07) is 3.27. The largest absolute Gasteiger partial charge is 0.459 e. The Kier molecular flexibility index (Phi) is 5.21. The maximum Gasteiger partial charge on any atom is 0.286 e. The van der Waals surface area contributed by atoms with E-state index >= 15 is 0 Å². The predicted molar refractivity (Wildman–Crippen MR) is 75.3 cm³/mol. The lowest BCUT2D eigenvalue weighted by atomic mass is 10.3. The zero-order chi connectivity index (χ0) is 14.4. The van der Waals surface area contributed by atoms with Gasteiger partial charge < -0.3 is 14.6 Å². The molecule has 1 aromatic rings. The second-order valence-electron chi connectivity index (χ2n) is 5.27. The van der Waals surface area contributed by atoms with Crippen molar-refractivity contribution in [3.8, 4) is 0 Å². The van der Waals surface area contributed by atoms with E-state index in [-0.39, 0.29) is 17.6 Å². The number of furan rings is 1.